The number of ether oxygens (including phenoxy) is 1. The molecule has 7 heteroatoms. The van der Waals surface area contributed by atoms with Crippen molar-refractivity contribution in [1.29, 1.82) is 0 Å². The summed E-state index contributed by atoms with van der Waals surface area (Å²) in [6, 6.07) is 5.92. The molecular formula is C16H18N6O. The van der Waals surface area contributed by atoms with Gasteiger partial charge < -0.3 is 10.2 Å². The Bertz CT molecular complexity index is 803. The third-order valence-electron chi connectivity index (χ3n) is 3.22. The van der Waals surface area contributed by atoms with Crippen LogP contribution in [0.25, 0.3) is 17.6 Å². The molecule has 0 saturated carbocycles. The topological polar surface area (TPSA) is 76.4 Å². The minimum atomic E-state index is 0.647. The predicted molar refractivity (Wildman–Crippen MR) is 89.5 cm³/mol. The Morgan fingerprint density at radius 3 is 2.87 bits per heavy atom. The van der Waals surface area contributed by atoms with Gasteiger partial charge >= 0.3 is 0 Å². The highest BCUT2D eigenvalue weighted by atomic mass is 16.5. The number of aryl methyl sites for hydroxylation is 1. The average Bonchev–Trinajstić information content (AvgIpc) is 3.01. The number of hydrazine groups is 1. The number of nitrogens with one attached hydrogen (secondary N) is 2. The minimum Gasteiger partial charge on any atom is -0.497 e. The van der Waals surface area contributed by atoms with Crippen molar-refractivity contribution in [3.05, 3.63) is 48.1 Å². The highest BCUT2D eigenvalue weighted by Gasteiger charge is 2.06. The van der Waals surface area contributed by atoms with Gasteiger partial charge in [0.05, 0.1) is 12.8 Å². The Kier molecular flexibility index (Phi) is 4.09. The van der Waals surface area contributed by atoms with Gasteiger partial charge in [-0.05, 0) is 43.7 Å². The van der Waals surface area contributed by atoms with Crippen molar-refractivity contribution in [3.8, 4) is 17.1 Å². The van der Waals surface area contributed by atoms with E-state index in [-0.39, 0.29) is 0 Å². The lowest BCUT2D eigenvalue weighted by molar-refractivity contribution is 0.414. The minimum absolute atomic E-state index is 0.647. The maximum absolute atomic E-state index is 5.29. The molecule has 0 amide bonds. The lowest BCUT2D eigenvalue weighted by Gasteiger charge is -2.10. The molecule has 118 valence electrons. The van der Waals surface area contributed by atoms with Crippen molar-refractivity contribution in [2.24, 2.45) is 4.99 Å². The summed E-state index contributed by atoms with van der Waals surface area (Å²) in [4.78, 5) is 8.68. The van der Waals surface area contributed by atoms with E-state index < -0.39 is 0 Å². The Labute approximate surface area is 134 Å². The first kappa shape index (κ1) is 14.8. The maximum atomic E-state index is 5.29. The van der Waals surface area contributed by atoms with Crippen molar-refractivity contribution >= 4 is 12.0 Å². The first-order valence-electron chi connectivity index (χ1n) is 7.16. The number of amidine groups is 1. The first-order valence-corrected chi connectivity index (χ1v) is 7.16. The summed E-state index contributed by atoms with van der Waals surface area (Å²) in [5, 5.41) is 4.45. The molecule has 2 aromatic rings. The molecule has 2 heterocycles. The zero-order valence-corrected chi connectivity index (χ0v) is 13.2. The maximum Gasteiger partial charge on any atom is 0.181 e. The number of allylic oxidation sites excluding steroid dienone is 1. The van der Waals surface area contributed by atoms with Crippen LogP contribution in [-0.2, 0) is 0 Å². The monoisotopic (exact) mass is 310 g/mol. The molecule has 0 radical (unpaired) electrons. The van der Waals surface area contributed by atoms with Crippen LogP contribution >= 0.6 is 0 Å². The van der Waals surface area contributed by atoms with Gasteiger partial charge in [-0.25, -0.2) is 14.7 Å². The standard InChI is InChI=1S/C16H18N6O/c1-11-6-13(8-15(7-11)23-3)16-17-10-22(21-16)5-4-14-9-18-20-12(2)19-14/h4-10,18H,1-3H3,(H,19,20)/b5-4-. The first-order chi connectivity index (χ1) is 11.1. The largest absolute Gasteiger partial charge is 0.497 e. The van der Waals surface area contributed by atoms with E-state index in [0.717, 1.165) is 28.4 Å². The fourth-order valence-electron chi connectivity index (χ4n) is 2.18. The van der Waals surface area contributed by atoms with Gasteiger partial charge in [-0.1, -0.05) is 0 Å². The van der Waals surface area contributed by atoms with Crippen LogP contribution in [0.15, 0.2) is 47.5 Å². The molecule has 0 atom stereocenters. The van der Waals surface area contributed by atoms with Crippen LogP contribution in [-0.4, -0.2) is 27.7 Å². The molecular weight excluding hydrogens is 292 g/mol. The molecule has 1 aliphatic heterocycles. The van der Waals surface area contributed by atoms with Crippen molar-refractivity contribution in [2.45, 2.75) is 13.8 Å². The van der Waals surface area contributed by atoms with E-state index in [4.69, 9.17) is 4.74 Å². The van der Waals surface area contributed by atoms with Gasteiger partial charge in [0, 0.05) is 18.0 Å². The van der Waals surface area contributed by atoms with E-state index in [1.807, 2.05) is 38.1 Å². The number of nitrogens with zero attached hydrogens (tertiary/aromatic N) is 4. The van der Waals surface area contributed by atoms with Gasteiger partial charge in [-0.2, -0.15) is 0 Å². The highest BCUT2D eigenvalue weighted by Crippen LogP contribution is 2.23. The number of benzene rings is 1. The average molecular weight is 310 g/mol. The smallest absolute Gasteiger partial charge is 0.181 e. The number of aliphatic imine (C=N–C) groups is 1. The van der Waals surface area contributed by atoms with Crippen LogP contribution in [0, 0.1) is 6.92 Å². The molecule has 7 nitrogen and oxygen atoms in total. The van der Waals surface area contributed by atoms with Crippen molar-refractivity contribution in [3.63, 3.8) is 0 Å². The Balaban J connectivity index is 1.81. The van der Waals surface area contributed by atoms with Crippen LogP contribution in [0.5, 0.6) is 5.75 Å². The molecule has 0 fully saturated rings. The number of methoxy groups -OCH3 is 1. The second-order valence-electron chi connectivity index (χ2n) is 5.14. The van der Waals surface area contributed by atoms with E-state index in [0.29, 0.717) is 5.82 Å². The Hall–Kier alpha value is -3.09. The van der Waals surface area contributed by atoms with Crippen LogP contribution in [0.4, 0.5) is 0 Å². The summed E-state index contributed by atoms with van der Waals surface area (Å²) in [5.74, 6) is 2.25. The quantitative estimate of drug-likeness (QED) is 0.904. The lowest BCUT2D eigenvalue weighted by atomic mass is 10.1. The molecule has 1 aliphatic rings. The van der Waals surface area contributed by atoms with E-state index >= 15 is 0 Å². The van der Waals surface area contributed by atoms with Crippen LogP contribution in [0.3, 0.4) is 0 Å². The van der Waals surface area contributed by atoms with E-state index in [2.05, 4.69) is 25.9 Å². The molecule has 23 heavy (non-hydrogen) atoms. The molecule has 0 spiro atoms. The molecule has 0 aliphatic carbocycles. The summed E-state index contributed by atoms with van der Waals surface area (Å²) in [6.45, 7) is 3.90. The van der Waals surface area contributed by atoms with Gasteiger partial charge in [0.2, 0.25) is 0 Å². The van der Waals surface area contributed by atoms with Gasteiger partial charge in [0.1, 0.15) is 17.9 Å². The fourth-order valence-corrected chi connectivity index (χ4v) is 2.18. The molecule has 0 bridgehead atoms. The summed E-state index contributed by atoms with van der Waals surface area (Å²) < 4.78 is 6.94. The lowest BCUT2D eigenvalue weighted by Crippen LogP contribution is -2.34. The highest BCUT2D eigenvalue weighted by molar-refractivity contribution is 5.81. The van der Waals surface area contributed by atoms with E-state index in [1.54, 1.807) is 30.5 Å². The van der Waals surface area contributed by atoms with E-state index in [9.17, 15) is 0 Å². The molecule has 2 N–H and O–H groups in total. The van der Waals surface area contributed by atoms with Gasteiger partial charge in [-0.3, -0.25) is 5.43 Å². The molecule has 1 aromatic carbocycles. The second kappa shape index (κ2) is 6.35. The van der Waals surface area contributed by atoms with Crippen molar-refractivity contribution < 1.29 is 4.74 Å². The van der Waals surface area contributed by atoms with Crippen molar-refractivity contribution in [1.82, 2.24) is 25.6 Å². The summed E-state index contributed by atoms with van der Waals surface area (Å²) in [5.41, 5.74) is 8.63. The fraction of sp³-hybridized carbons (Fsp3) is 0.188. The zero-order valence-electron chi connectivity index (χ0n) is 13.2. The third-order valence-corrected chi connectivity index (χ3v) is 3.22. The summed E-state index contributed by atoms with van der Waals surface area (Å²) in [6.07, 6.45) is 7.09. The van der Waals surface area contributed by atoms with Crippen molar-refractivity contribution in [2.75, 3.05) is 7.11 Å². The normalized spacial score (nSPS) is 14.0. The predicted octanol–water partition coefficient (Wildman–Crippen LogP) is 2.10. The van der Waals surface area contributed by atoms with Crippen LogP contribution in [0.2, 0.25) is 0 Å². The number of hydrogen-bond acceptors (Lipinski definition) is 6. The molecule has 0 saturated heterocycles. The zero-order chi connectivity index (χ0) is 16.2. The molecule has 1 aromatic heterocycles. The number of rotatable bonds is 4. The Morgan fingerprint density at radius 1 is 1.22 bits per heavy atom. The van der Waals surface area contributed by atoms with Crippen LogP contribution < -0.4 is 15.6 Å². The molecule has 3 rings (SSSR count). The van der Waals surface area contributed by atoms with E-state index in [1.165, 1.54) is 0 Å². The van der Waals surface area contributed by atoms with Gasteiger partial charge in [0.15, 0.2) is 5.82 Å². The Morgan fingerprint density at radius 2 is 2.09 bits per heavy atom. The van der Waals surface area contributed by atoms with Crippen LogP contribution in [0.1, 0.15) is 12.5 Å². The summed E-state index contributed by atoms with van der Waals surface area (Å²) >= 11 is 0. The molecule has 0 unspecified atom stereocenters. The number of aromatic nitrogens is 3. The van der Waals surface area contributed by atoms with Gasteiger partial charge in [-0.15, -0.1) is 5.10 Å². The summed E-state index contributed by atoms with van der Waals surface area (Å²) in [7, 11) is 1.65. The third kappa shape index (κ3) is 3.57. The van der Waals surface area contributed by atoms with Gasteiger partial charge in [0.25, 0.3) is 0 Å². The SMILES string of the molecule is COc1cc(C)cc(-c2ncn(/C=C\C3=CNNC(C)=N3)n2)c1. The number of hydrogen-bond donors (Lipinski definition) is 2. The second-order valence-corrected chi connectivity index (χ2v) is 5.14.